The van der Waals surface area contributed by atoms with Gasteiger partial charge in [0.25, 0.3) is 0 Å². The molecule has 0 aromatic heterocycles. The van der Waals surface area contributed by atoms with Gasteiger partial charge in [0, 0.05) is 5.92 Å². The molecule has 0 fully saturated rings. The third kappa shape index (κ3) is 1.16. The fraction of sp³-hybridized carbons (Fsp3) is 0.364. The first-order valence-corrected chi connectivity index (χ1v) is 4.50. The average molecular weight is 192 g/mol. The largest absolute Gasteiger partial charge is 0.493 e. The topological polar surface area (TPSA) is 35.5 Å². The zero-order chi connectivity index (χ0) is 10.1. The number of fused-ring (bicyclic) bond motifs is 1. The summed E-state index contributed by atoms with van der Waals surface area (Å²) in [4.78, 5) is 10.6. The normalized spacial score (nSPS) is 18.0. The van der Waals surface area contributed by atoms with Gasteiger partial charge in [-0.2, -0.15) is 0 Å². The number of hydrogen-bond donors (Lipinski definition) is 0. The number of rotatable bonds is 3. The highest BCUT2D eigenvalue weighted by Gasteiger charge is 2.27. The van der Waals surface area contributed by atoms with Gasteiger partial charge in [0.2, 0.25) is 0 Å². The summed E-state index contributed by atoms with van der Waals surface area (Å²) in [6, 6.07) is 3.82. The van der Waals surface area contributed by atoms with Crippen molar-refractivity contribution in [3.63, 3.8) is 0 Å². The zero-order valence-corrected chi connectivity index (χ0v) is 8.24. The van der Waals surface area contributed by atoms with Crippen LogP contribution in [0.5, 0.6) is 11.5 Å². The van der Waals surface area contributed by atoms with Crippen LogP contribution in [-0.2, 0) is 11.2 Å². The Morgan fingerprint density at radius 3 is 2.50 bits per heavy atom. The number of methoxy groups -OCH3 is 2. The molecule has 0 heterocycles. The smallest absolute Gasteiger partial charge is 0.161 e. The summed E-state index contributed by atoms with van der Waals surface area (Å²) in [6.07, 6.45) is 1.80. The van der Waals surface area contributed by atoms with Gasteiger partial charge in [-0.05, 0) is 29.7 Å². The lowest BCUT2D eigenvalue weighted by atomic mass is 9.78. The molecular weight excluding hydrogens is 180 g/mol. The Kier molecular flexibility index (Phi) is 2.15. The molecule has 0 saturated heterocycles. The van der Waals surface area contributed by atoms with Crippen molar-refractivity contribution in [1.29, 1.82) is 0 Å². The van der Waals surface area contributed by atoms with Crippen molar-refractivity contribution in [3.8, 4) is 11.5 Å². The minimum atomic E-state index is 0.0461. The van der Waals surface area contributed by atoms with E-state index in [2.05, 4.69) is 0 Å². The summed E-state index contributed by atoms with van der Waals surface area (Å²) in [5.74, 6) is 1.47. The van der Waals surface area contributed by atoms with E-state index in [9.17, 15) is 4.79 Å². The van der Waals surface area contributed by atoms with Crippen molar-refractivity contribution in [2.45, 2.75) is 12.3 Å². The molecular formula is C11H12O3. The maximum Gasteiger partial charge on any atom is 0.161 e. The number of ether oxygens (including phenoxy) is 2. The zero-order valence-electron chi connectivity index (χ0n) is 8.24. The molecule has 1 aromatic carbocycles. The molecule has 1 aliphatic rings. The fourth-order valence-corrected chi connectivity index (χ4v) is 1.80. The van der Waals surface area contributed by atoms with E-state index in [0.29, 0.717) is 5.75 Å². The lowest BCUT2D eigenvalue weighted by Crippen LogP contribution is -2.18. The molecule has 2 rings (SSSR count). The van der Waals surface area contributed by atoms with Crippen LogP contribution >= 0.6 is 0 Å². The van der Waals surface area contributed by atoms with Crippen LogP contribution in [0.1, 0.15) is 17.0 Å². The summed E-state index contributed by atoms with van der Waals surface area (Å²) >= 11 is 0. The van der Waals surface area contributed by atoms with E-state index in [1.165, 1.54) is 5.56 Å². The van der Waals surface area contributed by atoms with Gasteiger partial charge in [-0.25, -0.2) is 0 Å². The van der Waals surface area contributed by atoms with E-state index in [4.69, 9.17) is 9.47 Å². The van der Waals surface area contributed by atoms with Gasteiger partial charge in [-0.15, -0.1) is 0 Å². The molecule has 1 atom stereocenters. The quantitative estimate of drug-likeness (QED) is 0.681. The first-order valence-electron chi connectivity index (χ1n) is 4.50. The number of benzene rings is 1. The highest BCUT2D eigenvalue weighted by atomic mass is 16.5. The van der Waals surface area contributed by atoms with Crippen LogP contribution in [0.25, 0.3) is 0 Å². The van der Waals surface area contributed by atoms with E-state index in [1.807, 2.05) is 12.1 Å². The predicted molar refractivity (Wildman–Crippen MR) is 52.1 cm³/mol. The molecule has 0 bridgehead atoms. The van der Waals surface area contributed by atoms with E-state index >= 15 is 0 Å². The van der Waals surface area contributed by atoms with Crippen molar-refractivity contribution in [2.75, 3.05) is 14.2 Å². The standard InChI is InChI=1S/C11H12O3/c1-13-10-4-7-3-8(6-12)9(7)5-11(10)14-2/h4-6,8H,3H2,1-2H3/t8-/m0/s1. The van der Waals surface area contributed by atoms with Crippen molar-refractivity contribution in [2.24, 2.45) is 0 Å². The van der Waals surface area contributed by atoms with E-state index in [-0.39, 0.29) is 5.92 Å². The maximum atomic E-state index is 10.6. The summed E-state index contributed by atoms with van der Waals surface area (Å²) in [7, 11) is 3.21. The average Bonchev–Trinajstić information content (AvgIpc) is 2.20. The molecule has 0 unspecified atom stereocenters. The first-order chi connectivity index (χ1) is 6.80. The highest BCUT2D eigenvalue weighted by molar-refractivity contribution is 5.70. The van der Waals surface area contributed by atoms with Crippen LogP contribution in [-0.4, -0.2) is 20.5 Å². The Labute approximate surface area is 82.6 Å². The second-order valence-corrected chi connectivity index (χ2v) is 3.35. The summed E-state index contributed by atoms with van der Waals surface area (Å²) < 4.78 is 10.3. The van der Waals surface area contributed by atoms with E-state index < -0.39 is 0 Å². The molecule has 0 radical (unpaired) electrons. The second kappa shape index (κ2) is 3.33. The molecule has 0 saturated carbocycles. The Morgan fingerprint density at radius 1 is 1.29 bits per heavy atom. The fourth-order valence-electron chi connectivity index (χ4n) is 1.80. The number of carbonyl (C=O) groups excluding carboxylic acids is 1. The molecule has 0 N–H and O–H groups in total. The Balaban J connectivity index is 2.43. The summed E-state index contributed by atoms with van der Waals surface area (Å²) in [5.41, 5.74) is 2.25. The third-order valence-electron chi connectivity index (χ3n) is 2.65. The lowest BCUT2D eigenvalue weighted by Gasteiger charge is -2.27. The van der Waals surface area contributed by atoms with E-state index in [1.54, 1.807) is 14.2 Å². The Bertz CT molecular complexity index is 371. The maximum absolute atomic E-state index is 10.6. The van der Waals surface area contributed by atoms with Crippen LogP contribution in [0.3, 0.4) is 0 Å². The molecule has 3 heteroatoms. The molecule has 74 valence electrons. The van der Waals surface area contributed by atoms with Crippen LogP contribution in [0.2, 0.25) is 0 Å². The van der Waals surface area contributed by atoms with Gasteiger partial charge >= 0.3 is 0 Å². The van der Waals surface area contributed by atoms with Crippen molar-refractivity contribution in [1.82, 2.24) is 0 Å². The molecule has 0 amide bonds. The minimum Gasteiger partial charge on any atom is -0.493 e. The van der Waals surface area contributed by atoms with Gasteiger partial charge in [-0.3, -0.25) is 0 Å². The molecule has 0 aliphatic heterocycles. The van der Waals surface area contributed by atoms with Gasteiger partial charge in [0.05, 0.1) is 14.2 Å². The van der Waals surface area contributed by atoms with Crippen LogP contribution in [0.15, 0.2) is 12.1 Å². The first kappa shape index (κ1) is 9.06. The number of hydrogen-bond acceptors (Lipinski definition) is 3. The van der Waals surface area contributed by atoms with Gasteiger partial charge in [0.15, 0.2) is 11.5 Å². The molecule has 1 aliphatic carbocycles. The van der Waals surface area contributed by atoms with Crippen molar-refractivity contribution >= 4 is 6.29 Å². The molecule has 14 heavy (non-hydrogen) atoms. The highest BCUT2D eigenvalue weighted by Crippen LogP contribution is 2.41. The predicted octanol–water partition coefficient (Wildman–Crippen LogP) is 1.54. The molecule has 0 spiro atoms. The molecule has 1 aromatic rings. The summed E-state index contributed by atoms with van der Waals surface area (Å²) in [5, 5.41) is 0. The minimum absolute atomic E-state index is 0.0461. The third-order valence-corrected chi connectivity index (χ3v) is 2.65. The SMILES string of the molecule is COc1cc2c(cc1OC)[C@H](C=O)C2. The monoisotopic (exact) mass is 192 g/mol. The Morgan fingerprint density at radius 2 is 1.93 bits per heavy atom. The lowest BCUT2D eigenvalue weighted by molar-refractivity contribution is -0.109. The van der Waals surface area contributed by atoms with Gasteiger partial charge < -0.3 is 14.3 Å². The van der Waals surface area contributed by atoms with Crippen LogP contribution in [0, 0.1) is 0 Å². The van der Waals surface area contributed by atoms with Crippen LogP contribution in [0.4, 0.5) is 0 Å². The number of aldehydes is 1. The van der Waals surface area contributed by atoms with Gasteiger partial charge in [0.1, 0.15) is 6.29 Å². The van der Waals surface area contributed by atoms with E-state index in [0.717, 1.165) is 24.0 Å². The van der Waals surface area contributed by atoms with Crippen molar-refractivity contribution in [3.05, 3.63) is 23.3 Å². The number of carbonyl (C=O) groups is 1. The van der Waals surface area contributed by atoms with Crippen molar-refractivity contribution < 1.29 is 14.3 Å². The van der Waals surface area contributed by atoms with Gasteiger partial charge in [-0.1, -0.05) is 0 Å². The second-order valence-electron chi connectivity index (χ2n) is 3.35. The summed E-state index contributed by atoms with van der Waals surface area (Å²) in [6.45, 7) is 0. The molecule has 3 nitrogen and oxygen atoms in total. The Hall–Kier alpha value is -1.51. The van der Waals surface area contributed by atoms with Crippen LogP contribution < -0.4 is 9.47 Å².